The number of hydrogen-bond donors (Lipinski definition) is 1. The van der Waals surface area contributed by atoms with Crippen molar-refractivity contribution in [3.05, 3.63) is 0 Å². The van der Waals surface area contributed by atoms with E-state index >= 15 is 0 Å². The van der Waals surface area contributed by atoms with Crippen molar-refractivity contribution in [2.24, 2.45) is 0 Å². The monoisotopic (exact) mass is 186 g/mol. The third-order valence-electron chi connectivity index (χ3n) is 1.26. The van der Waals surface area contributed by atoms with Crippen molar-refractivity contribution < 1.29 is 19.1 Å². The lowest BCUT2D eigenvalue weighted by atomic mass is 10.2. The van der Waals surface area contributed by atoms with E-state index in [2.05, 4.69) is 14.8 Å². The molecular formula is C7H10N2O4. The highest BCUT2D eigenvalue weighted by atomic mass is 16.5. The summed E-state index contributed by atoms with van der Waals surface area (Å²) in [5.41, 5.74) is 0. The Hall–Kier alpha value is -1.77. The number of ether oxygens (including phenoxy) is 2. The van der Waals surface area contributed by atoms with Crippen LogP contribution in [0.5, 0.6) is 0 Å². The number of nitriles is 1. The number of carbonyl (C=O) groups excluding carboxylic acids is 2. The highest BCUT2D eigenvalue weighted by molar-refractivity contribution is 5.81. The van der Waals surface area contributed by atoms with Gasteiger partial charge in [-0.2, -0.15) is 5.26 Å². The molecule has 0 aromatic carbocycles. The number of hydrogen-bond acceptors (Lipinski definition) is 5. The van der Waals surface area contributed by atoms with Crippen molar-refractivity contribution >= 4 is 12.1 Å². The molecule has 0 radical (unpaired) electrons. The molecule has 0 unspecified atom stereocenters. The molecular weight excluding hydrogens is 176 g/mol. The lowest BCUT2D eigenvalue weighted by Crippen LogP contribution is -2.41. The van der Waals surface area contributed by atoms with Gasteiger partial charge in [-0.3, -0.25) is 0 Å². The average Bonchev–Trinajstić information content (AvgIpc) is 2.15. The molecule has 1 atom stereocenters. The van der Waals surface area contributed by atoms with Crippen LogP contribution in [0.3, 0.4) is 0 Å². The highest BCUT2D eigenvalue weighted by Crippen LogP contribution is 1.94. The van der Waals surface area contributed by atoms with E-state index in [0.29, 0.717) is 0 Å². The molecule has 0 spiro atoms. The molecule has 0 saturated carbocycles. The summed E-state index contributed by atoms with van der Waals surface area (Å²) >= 11 is 0. The zero-order chi connectivity index (χ0) is 10.3. The molecule has 0 saturated heterocycles. The van der Waals surface area contributed by atoms with Gasteiger partial charge in [0, 0.05) is 0 Å². The first-order valence-electron chi connectivity index (χ1n) is 3.45. The van der Waals surface area contributed by atoms with E-state index in [1.807, 2.05) is 0 Å². The van der Waals surface area contributed by atoms with Gasteiger partial charge in [-0.25, -0.2) is 9.59 Å². The number of methoxy groups -OCH3 is 2. The van der Waals surface area contributed by atoms with Gasteiger partial charge in [-0.1, -0.05) is 0 Å². The van der Waals surface area contributed by atoms with Crippen LogP contribution in [0.25, 0.3) is 0 Å². The first-order valence-corrected chi connectivity index (χ1v) is 3.45. The fraction of sp³-hybridized carbons (Fsp3) is 0.571. The SMILES string of the molecule is COC(=O)N[C@@H](CC#N)C(=O)OC. The summed E-state index contributed by atoms with van der Waals surface area (Å²) in [5, 5.41) is 10.5. The number of alkyl carbamates (subject to hydrolysis) is 1. The normalized spacial score (nSPS) is 10.8. The van der Waals surface area contributed by atoms with Crippen molar-refractivity contribution in [3.63, 3.8) is 0 Å². The van der Waals surface area contributed by atoms with Crippen LogP contribution in [-0.4, -0.2) is 32.3 Å². The second-order valence-electron chi connectivity index (χ2n) is 2.07. The van der Waals surface area contributed by atoms with Crippen LogP contribution in [0.2, 0.25) is 0 Å². The van der Waals surface area contributed by atoms with Crippen LogP contribution in [-0.2, 0) is 14.3 Å². The molecule has 0 fully saturated rings. The molecule has 72 valence electrons. The standard InChI is InChI=1S/C7H10N2O4/c1-12-6(10)5(3-4-8)9-7(11)13-2/h5H,3H2,1-2H3,(H,9,11)/t5-/m0/s1. The molecule has 6 heteroatoms. The van der Waals surface area contributed by atoms with Gasteiger partial charge in [0.15, 0.2) is 0 Å². The Morgan fingerprint density at radius 3 is 2.46 bits per heavy atom. The van der Waals surface area contributed by atoms with Crippen molar-refractivity contribution in [2.45, 2.75) is 12.5 Å². The molecule has 0 bridgehead atoms. The average molecular weight is 186 g/mol. The largest absolute Gasteiger partial charge is 0.467 e. The van der Waals surface area contributed by atoms with Crippen molar-refractivity contribution in [2.75, 3.05) is 14.2 Å². The van der Waals surface area contributed by atoms with E-state index in [1.165, 1.54) is 7.11 Å². The van der Waals surface area contributed by atoms with Gasteiger partial charge in [-0.05, 0) is 0 Å². The molecule has 0 aliphatic heterocycles. The maximum atomic E-state index is 10.9. The van der Waals surface area contributed by atoms with Crippen molar-refractivity contribution in [3.8, 4) is 6.07 Å². The van der Waals surface area contributed by atoms with Crippen molar-refractivity contribution in [1.29, 1.82) is 5.26 Å². The van der Waals surface area contributed by atoms with Gasteiger partial charge in [-0.15, -0.1) is 0 Å². The smallest absolute Gasteiger partial charge is 0.407 e. The summed E-state index contributed by atoms with van der Waals surface area (Å²) in [5.74, 6) is -0.674. The Morgan fingerprint density at radius 2 is 2.08 bits per heavy atom. The number of nitrogens with one attached hydrogen (secondary N) is 1. The van der Waals surface area contributed by atoms with E-state index in [-0.39, 0.29) is 6.42 Å². The van der Waals surface area contributed by atoms with Gasteiger partial charge in [0.05, 0.1) is 26.7 Å². The van der Waals surface area contributed by atoms with Crippen LogP contribution in [0.4, 0.5) is 4.79 Å². The third kappa shape index (κ3) is 3.96. The predicted octanol–water partition coefficient (Wildman–Crippen LogP) is -0.202. The van der Waals surface area contributed by atoms with Crippen LogP contribution >= 0.6 is 0 Å². The molecule has 0 aromatic rings. The van der Waals surface area contributed by atoms with Gasteiger partial charge in [0.25, 0.3) is 0 Å². The minimum absolute atomic E-state index is 0.151. The zero-order valence-electron chi connectivity index (χ0n) is 7.36. The van der Waals surface area contributed by atoms with E-state index < -0.39 is 18.1 Å². The molecule has 6 nitrogen and oxygen atoms in total. The molecule has 0 aliphatic rings. The molecule has 0 aliphatic carbocycles. The van der Waals surface area contributed by atoms with E-state index in [4.69, 9.17) is 5.26 Å². The Balaban J connectivity index is 4.18. The van der Waals surface area contributed by atoms with Crippen LogP contribution < -0.4 is 5.32 Å². The molecule has 0 aromatic heterocycles. The lowest BCUT2D eigenvalue weighted by Gasteiger charge is -2.11. The summed E-state index contributed by atoms with van der Waals surface area (Å²) in [6, 6.07) is 0.771. The highest BCUT2D eigenvalue weighted by Gasteiger charge is 2.21. The molecule has 1 amide bonds. The quantitative estimate of drug-likeness (QED) is 0.616. The minimum atomic E-state index is -0.970. The van der Waals surface area contributed by atoms with Gasteiger partial charge in [0.2, 0.25) is 0 Å². The lowest BCUT2D eigenvalue weighted by molar-refractivity contribution is -0.142. The number of esters is 1. The van der Waals surface area contributed by atoms with Crippen LogP contribution in [0.1, 0.15) is 6.42 Å². The van der Waals surface area contributed by atoms with Gasteiger partial charge >= 0.3 is 12.1 Å². The van der Waals surface area contributed by atoms with E-state index in [9.17, 15) is 9.59 Å². The summed E-state index contributed by atoms with van der Waals surface area (Å²) < 4.78 is 8.60. The summed E-state index contributed by atoms with van der Waals surface area (Å²) in [6.07, 6.45) is -0.924. The second kappa shape index (κ2) is 5.83. The second-order valence-corrected chi connectivity index (χ2v) is 2.07. The number of rotatable bonds is 3. The van der Waals surface area contributed by atoms with Crippen molar-refractivity contribution in [1.82, 2.24) is 5.32 Å². The predicted molar refractivity (Wildman–Crippen MR) is 41.6 cm³/mol. The molecule has 1 N–H and O–H groups in total. The molecule has 0 rings (SSSR count). The number of nitrogens with zero attached hydrogens (tertiary/aromatic N) is 1. The van der Waals surface area contributed by atoms with E-state index in [1.54, 1.807) is 6.07 Å². The first-order chi connectivity index (χ1) is 6.15. The fourth-order valence-electron chi connectivity index (χ4n) is 0.628. The summed E-state index contributed by atoms with van der Waals surface area (Å²) in [4.78, 5) is 21.6. The topological polar surface area (TPSA) is 88.4 Å². The van der Waals surface area contributed by atoms with Crippen LogP contribution in [0.15, 0.2) is 0 Å². The number of amides is 1. The third-order valence-corrected chi connectivity index (χ3v) is 1.26. The maximum Gasteiger partial charge on any atom is 0.407 e. The Morgan fingerprint density at radius 1 is 1.46 bits per heavy atom. The fourth-order valence-corrected chi connectivity index (χ4v) is 0.628. The zero-order valence-corrected chi connectivity index (χ0v) is 7.36. The molecule has 13 heavy (non-hydrogen) atoms. The van der Waals surface area contributed by atoms with Crippen LogP contribution in [0, 0.1) is 11.3 Å². The Kier molecular flexibility index (Phi) is 5.03. The summed E-state index contributed by atoms with van der Waals surface area (Å²) in [6.45, 7) is 0. The Bertz CT molecular complexity index is 233. The first kappa shape index (κ1) is 11.2. The number of carbonyl (C=O) groups is 2. The molecule has 0 heterocycles. The Labute approximate surface area is 75.4 Å². The summed E-state index contributed by atoms with van der Waals surface area (Å²) in [7, 11) is 2.34. The maximum absolute atomic E-state index is 10.9. The minimum Gasteiger partial charge on any atom is -0.467 e. The van der Waals surface area contributed by atoms with Gasteiger partial charge in [0.1, 0.15) is 6.04 Å². The van der Waals surface area contributed by atoms with Gasteiger partial charge < -0.3 is 14.8 Å². The van der Waals surface area contributed by atoms with E-state index in [0.717, 1.165) is 7.11 Å².